The van der Waals surface area contributed by atoms with E-state index in [1.54, 1.807) is 14.2 Å². The Morgan fingerprint density at radius 3 is 2.57 bits per heavy atom. The molecule has 0 radical (unpaired) electrons. The first kappa shape index (κ1) is 15.3. The van der Waals surface area contributed by atoms with Gasteiger partial charge in [0.25, 0.3) is 0 Å². The Hall–Kier alpha value is -2.07. The molecule has 0 aliphatic rings. The molecule has 0 aliphatic carbocycles. The Balaban J connectivity index is 2.47. The van der Waals surface area contributed by atoms with E-state index in [9.17, 15) is 0 Å². The average molecular weight is 286 g/mol. The average Bonchev–Trinajstić information content (AvgIpc) is 2.52. The van der Waals surface area contributed by atoms with Crippen molar-refractivity contribution in [3.63, 3.8) is 0 Å². The van der Waals surface area contributed by atoms with Crippen molar-refractivity contribution in [3.8, 4) is 11.5 Å². The van der Waals surface area contributed by atoms with Crippen LogP contribution in [-0.2, 0) is 0 Å². The highest BCUT2D eigenvalue weighted by Gasteiger charge is 2.19. The molecule has 0 saturated carbocycles. The number of rotatable bonds is 6. The number of nitrogens with zero attached hydrogens (tertiary/aromatic N) is 1. The Morgan fingerprint density at radius 2 is 1.95 bits per heavy atom. The van der Waals surface area contributed by atoms with Crippen LogP contribution in [0.1, 0.15) is 29.9 Å². The first-order chi connectivity index (χ1) is 10.2. The summed E-state index contributed by atoms with van der Waals surface area (Å²) in [6, 6.07) is 11.9. The van der Waals surface area contributed by atoms with Crippen LogP contribution in [0.25, 0.3) is 0 Å². The standard InChI is InChI=1S/C17H22N2O2/c1-5-18-17(15-8-6-7-12(2)19-15)14-10-9-13(20-3)11-16(14)21-4/h6-11,17-18H,5H2,1-4H3. The van der Waals surface area contributed by atoms with Crippen molar-refractivity contribution in [1.82, 2.24) is 10.3 Å². The van der Waals surface area contributed by atoms with Crippen LogP contribution in [0.5, 0.6) is 11.5 Å². The number of hydrogen-bond acceptors (Lipinski definition) is 4. The van der Waals surface area contributed by atoms with Crippen molar-refractivity contribution in [2.75, 3.05) is 20.8 Å². The lowest BCUT2D eigenvalue weighted by atomic mass is 10.0. The van der Waals surface area contributed by atoms with Crippen LogP contribution in [-0.4, -0.2) is 25.7 Å². The van der Waals surface area contributed by atoms with E-state index < -0.39 is 0 Å². The molecule has 2 rings (SSSR count). The highest BCUT2D eigenvalue weighted by Crippen LogP contribution is 2.32. The Labute approximate surface area is 126 Å². The van der Waals surface area contributed by atoms with Crippen molar-refractivity contribution in [2.24, 2.45) is 0 Å². The molecule has 0 fully saturated rings. The van der Waals surface area contributed by atoms with E-state index in [0.717, 1.165) is 35.0 Å². The molecule has 0 aliphatic heterocycles. The molecule has 2 aromatic rings. The van der Waals surface area contributed by atoms with E-state index in [-0.39, 0.29) is 6.04 Å². The summed E-state index contributed by atoms with van der Waals surface area (Å²) in [4.78, 5) is 4.64. The Bertz CT molecular complexity index is 599. The maximum atomic E-state index is 5.52. The predicted molar refractivity (Wildman–Crippen MR) is 84.0 cm³/mol. The molecule has 1 N–H and O–H groups in total. The number of hydrogen-bond donors (Lipinski definition) is 1. The minimum Gasteiger partial charge on any atom is -0.497 e. The van der Waals surface area contributed by atoms with Gasteiger partial charge in [-0.05, 0) is 37.7 Å². The van der Waals surface area contributed by atoms with E-state index in [2.05, 4.69) is 17.2 Å². The number of methoxy groups -OCH3 is 2. The van der Waals surface area contributed by atoms with Gasteiger partial charge >= 0.3 is 0 Å². The number of aryl methyl sites for hydroxylation is 1. The smallest absolute Gasteiger partial charge is 0.127 e. The summed E-state index contributed by atoms with van der Waals surface area (Å²) in [5.41, 5.74) is 3.04. The summed E-state index contributed by atoms with van der Waals surface area (Å²) in [5, 5.41) is 3.47. The largest absolute Gasteiger partial charge is 0.497 e. The second-order valence-electron chi connectivity index (χ2n) is 4.80. The molecule has 0 amide bonds. The Kier molecular flexibility index (Phi) is 5.17. The molecule has 1 aromatic carbocycles. The van der Waals surface area contributed by atoms with Crippen molar-refractivity contribution < 1.29 is 9.47 Å². The molecule has 4 heteroatoms. The van der Waals surface area contributed by atoms with Crippen LogP contribution in [0.3, 0.4) is 0 Å². The zero-order chi connectivity index (χ0) is 15.2. The third kappa shape index (κ3) is 3.52. The van der Waals surface area contributed by atoms with Crippen LogP contribution in [0.2, 0.25) is 0 Å². The highest BCUT2D eigenvalue weighted by atomic mass is 16.5. The van der Waals surface area contributed by atoms with Crippen molar-refractivity contribution >= 4 is 0 Å². The van der Waals surface area contributed by atoms with E-state index >= 15 is 0 Å². The van der Waals surface area contributed by atoms with E-state index in [0.29, 0.717) is 0 Å². The van der Waals surface area contributed by atoms with Gasteiger partial charge in [-0.25, -0.2) is 0 Å². The van der Waals surface area contributed by atoms with Gasteiger partial charge in [-0.15, -0.1) is 0 Å². The molecular weight excluding hydrogens is 264 g/mol. The molecule has 1 atom stereocenters. The van der Waals surface area contributed by atoms with Crippen molar-refractivity contribution in [3.05, 3.63) is 53.3 Å². The molecule has 112 valence electrons. The van der Waals surface area contributed by atoms with Crippen molar-refractivity contribution in [2.45, 2.75) is 19.9 Å². The van der Waals surface area contributed by atoms with Gasteiger partial charge in [-0.1, -0.05) is 13.0 Å². The normalized spacial score (nSPS) is 12.0. The van der Waals surface area contributed by atoms with Gasteiger partial charge in [0.15, 0.2) is 0 Å². The molecule has 0 spiro atoms. The zero-order valence-corrected chi connectivity index (χ0v) is 13.0. The zero-order valence-electron chi connectivity index (χ0n) is 13.0. The summed E-state index contributed by atoms with van der Waals surface area (Å²) in [6.07, 6.45) is 0. The minimum atomic E-state index is -0.00393. The SMILES string of the molecule is CCNC(c1cccc(C)n1)c1ccc(OC)cc1OC. The third-order valence-corrected chi connectivity index (χ3v) is 3.37. The maximum Gasteiger partial charge on any atom is 0.127 e. The van der Waals surface area contributed by atoms with Gasteiger partial charge < -0.3 is 14.8 Å². The fourth-order valence-corrected chi connectivity index (χ4v) is 2.36. The summed E-state index contributed by atoms with van der Waals surface area (Å²) < 4.78 is 10.8. The maximum absolute atomic E-state index is 5.52. The van der Waals surface area contributed by atoms with E-state index in [1.807, 2.05) is 43.3 Å². The lowest BCUT2D eigenvalue weighted by Crippen LogP contribution is -2.23. The molecular formula is C17H22N2O2. The number of nitrogens with one attached hydrogen (secondary N) is 1. The summed E-state index contributed by atoms with van der Waals surface area (Å²) in [7, 11) is 3.32. The number of aromatic nitrogens is 1. The summed E-state index contributed by atoms with van der Waals surface area (Å²) >= 11 is 0. The first-order valence-electron chi connectivity index (χ1n) is 7.08. The fraction of sp³-hybridized carbons (Fsp3) is 0.353. The lowest BCUT2D eigenvalue weighted by molar-refractivity contribution is 0.387. The Morgan fingerprint density at radius 1 is 1.14 bits per heavy atom. The quantitative estimate of drug-likeness (QED) is 0.886. The van der Waals surface area contributed by atoms with Crippen molar-refractivity contribution in [1.29, 1.82) is 0 Å². The highest BCUT2D eigenvalue weighted by molar-refractivity contribution is 5.45. The van der Waals surface area contributed by atoms with Gasteiger partial charge in [0.2, 0.25) is 0 Å². The second-order valence-corrected chi connectivity index (χ2v) is 4.80. The molecule has 4 nitrogen and oxygen atoms in total. The second kappa shape index (κ2) is 7.09. The van der Waals surface area contributed by atoms with Crippen LogP contribution in [0.15, 0.2) is 36.4 Å². The van der Waals surface area contributed by atoms with Crippen LogP contribution in [0, 0.1) is 6.92 Å². The molecule has 1 unspecified atom stereocenters. The topological polar surface area (TPSA) is 43.4 Å². The minimum absolute atomic E-state index is 0.00393. The van der Waals surface area contributed by atoms with Gasteiger partial charge in [0.1, 0.15) is 11.5 Å². The first-order valence-corrected chi connectivity index (χ1v) is 7.08. The molecule has 0 bridgehead atoms. The predicted octanol–water partition coefficient (Wildman–Crippen LogP) is 3.11. The van der Waals surface area contributed by atoms with Gasteiger partial charge in [-0.3, -0.25) is 4.98 Å². The van der Waals surface area contributed by atoms with Gasteiger partial charge in [0.05, 0.1) is 26.0 Å². The third-order valence-electron chi connectivity index (χ3n) is 3.37. The van der Waals surface area contributed by atoms with Crippen LogP contribution < -0.4 is 14.8 Å². The monoisotopic (exact) mass is 286 g/mol. The van der Waals surface area contributed by atoms with Gasteiger partial charge in [0, 0.05) is 17.3 Å². The van der Waals surface area contributed by atoms with Gasteiger partial charge in [-0.2, -0.15) is 0 Å². The van der Waals surface area contributed by atoms with E-state index in [1.165, 1.54) is 0 Å². The van der Waals surface area contributed by atoms with Crippen LogP contribution >= 0.6 is 0 Å². The summed E-state index contributed by atoms with van der Waals surface area (Å²) in [5.74, 6) is 1.58. The number of pyridine rings is 1. The molecule has 0 saturated heterocycles. The number of ether oxygens (including phenoxy) is 2. The fourth-order valence-electron chi connectivity index (χ4n) is 2.36. The molecule has 1 aromatic heterocycles. The van der Waals surface area contributed by atoms with Crippen LogP contribution in [0.4, 0.5) is 0 Å². The molecule has 1 heterocycles. The number of benzene rings is 1. The summed E-state index contributed by atoms with van der Waals surface area (Å²) in [6.45, 7) is 4.92. The molecule has 21 heavy (non-hydrogen) atoms. The van der Waals surface area contributed by atoms with E-state index in [4.69, 9.17) is 9.47 Å². The lowest BCUT2D eigenvalue weighted by Gasteiger charge is -2.21.